The molecule has 0 spiro atoms. The van der Waals surface area contributed by atoms with Crippen LogP contribution in [0, 0.1) is 5.82 Å². The molecule has 2 rings (SSSR count). The van der Waals surface area contributed by atoms with Crippen molar-refractivity contribution in [3.8, 4) is 6.01 Å². The smallest absolute Gasteiger partial charge is 0.318 e. The number of rotatable bonds is 4. The van der Waals surface area contributed by atoms with Gasteiger partial charge in [0.15, 0.2) is 11.6 Å². The molecule has 0 saturated carbocycles. The van der Waals surface area contributed by atoms with E-state index in [1.807, 2.05) is 6.92 Å². The van der Waals surface area contributed by atoms with Crippen molar-refractivity contribution in [1.29, 1.82) is 0 Å². The van der Waals surface area contributed by atoms with Crippen molar-refractivity contribution >= 4 is 5.82 Å². The van der Waals surface area contributed by atoms with Crippen molar-refractivity contribution in [3.05, 3.63) is 12.0 Å². The van der Waals surface area contributed by atoms with Gasteiger partial charge in [-0.2, -0.15) is 4.98 Å². The van der Waals surface area contributed by atoms with Crippen LogP contribution in [0.5, 0.6) is 6.01 Å². The van der Waals surface area contributed by atoms with Gasteiger partial charge >= 0.3 is 6.01 Å². The normalized spacial score (nSPS) is 17.8. The third kappa shape index (κ3) is 2.59. The number of hydrogen-bond donors (Lipinski definition) is 0. The monoisotopic (exact) mass is 247 g/mol. The van der Waals surface area contributed by atoms with E-state index in [9.17, 15) is 13.2 Å². The molecular weight excluding hydrogens is 235 g/mol. The van der Waals surface area contributed by atoms with Gasteiger partial charge in [0.1, 0.15) is 0 Å². The van der Waals surface area contributed by atoms with Gasteiger partial charge in [-0.3, -0.25) is 0 Å². The van der Waals surface area contributed by atoms with Gasteiger partial charge in [-0.05, 0) is 6.42 Å². The molecule has 7 heteroatoms. The summed E-state index contributed by atoms with van der Waals surface area (Å²) in [5.74, 6) is -3.61. The molecule has 0 radical (unpaired) electrons. The fourth-order valence-electron chi connectivity index (χ4n) is 1.49. The first-order valence-corrected chi connectivity index (χ1v) is 5.30. The Labute approximate surface area is 96.4 Å². The highest BCUT2D eigenvalue weighted by atomic mass is 19.3. The van der Waals surface area contributed by atoms with Gasteiger partial charge < -0.3 is 9.64 Å². The van der Waals surface area contributed by atoms with Crippen LogP contribution >= 0.6 is 0 Å². The molecule has 0 N–H and O–H groups in total. The van der Waals surface area contributed by atoms with Crippen molar-refractivity contribution in [2.45, 2.75) is 19.3 Å². The minimum Gasteiger partial charge on any atom is -0.463 e. The lowest BCUT2D eigenvalue weighted by atomic mass is 10.1. The van der Waals surface area contributed by atoms with Gasteiger partial charge in [-0.1, -0.05) is 6.92 Å². The van der Waals surface area contributed by atoms with E-state index in [1.54, 1.807) is 0 Å². The third-order valence-electron chi connectivity index (χ3n) is 2.28. The molecule has 1 fully saturated rings. The van der Waals surface area contributed by atoms with Crippen molar-refractivity contribution in [1.82, 2.24) is 9.97 Å². The van der Waals surface area contributed by atoms with Crippen molar-refractivity contribution < 1.29 is 17.9 Å². The zero-order valence-electron chi connectivity index (χ0n) is 9.29. The Balaban J connectivity index is 2.10. The number of ether oxygens (including phenoxy) is 1. The lowest BCUT2D eigenvalue weighted by Gasteiger charge is -2.39. The van der Waals surface area contributed by atoms with E-state index in [2.05, 4.69) is 9.97 Å². The highest BCUT2D eigenvalue weighted by molar-refractivity contribution is 5.44. The molecule has 1 aliphatic heterocycles. The molecule has 94 valence electrons. The average Bonchev–Trinajstić information content (AvgIpc) is 2.25. The molecule has 0 bridgehead atoms. The molecule has 1 aliphatic rings. The first-order chi connectivity index (χ1) is 8.02. The van der Waals surface area contributed by atoms with E-state index in [1.165, 1.54) is 0 Å². The van der Waals surface area contributed by atoms with Crippen molar-refractivity contribution in [2.24, 2.45) is 0 Å². The lowest BCUT2D eigenvalue weighted by molar-refractivity contribution is -0.0271. The number of nitrogens with zero attached hydrogens (tertiary/aromatic N) is 3. The molecular formula is C10H12F3N3O. The van der Waals surface area contributed by atoms with E-state index in [0.717, 1.165) is 17.5 Å². The van der Waals surface area contributed by atoms with Crippen LogP contribution in [-0.2, 0) is 0 Å². The maximum Gasteiger partial charge on any atom is 0.318 e. The van der Waals surface area contributed by atoms with Crippen LogP contribution in [0.1, 0.15) is 13.3 Å². The maximum absolute atomic E-state index is 13.3. The molecule has 0 unspecified atom stereocenters. The Bertz CT molecular complexity index is 406. The summed E-state index contributed by atoms with van der Waals surface area (Å²) < 4.78 is 43.8. The summed E-state index contributed by atoms with van der Waals surface area (Å²) in [6, 6.07) is 0.0125. The number of anilines is 1. The van der Waals surface area contributed by atoms with Gasteiger partial charge in [-0.25, -0.2) is 18.2 Å². The molecule has 0 aliphatic carbocycles. The summed E-state index contributed by atoms with van der Waals surface area (Å²) >= 11 is 0. The molecule has 1 aromatic rings. The second kappa shape index (κ2) is 4.38. The Kier molecular flexibility index (Phi) is 3.08. The zero-order chi connectivity index (χ0) is 12.5. The topological polar surface area (TPSA) is 38.2 Å². The van der Waals surface area contributed by atoms with Gasteiger partial charge in [0, 0.05) is 0 Å². The van der Waals surface area contributed by atoms with Crippen LogP contribution in [-0.4, -0.2) is 35.6 Å². The fourth-order valence-corrected chi connectivity index (χ4v) is 1.49. The number of hydrogen-bond acceptors (Lipinski definition) is 4. The summed E-state index contributed by atoms with van der Waals surface area (Å²) in [4.78, 5) is 8.58. The number of halogens is 3. The molecule has 1 saturated heterocycles. The predicted octanol–water partition coefficient (Wildman–Crippen LogP) is 1.86. The SMILES string of the molecule is CCCOc1ncc(F)c(N2CC(F)(F)C2)n1. The van der Waals surface area contributed by atoms with Gasteiger partial charge in [0.25, 0.3) is 5.92 Å². The summed E-state index contributed by atoms with van der Waals surface area (Å²) in [5, 5.41) is 0. The summed E-state index contributed by atoms with van der Waals surface area (Å²) in [7, 11) is 0. The van der Waals surface area contributed by atoms with Gasteiger partial charge in [0.05, 0.1) is 25.9 Å². The second-order valence-electron chi connectivity index (χ2n) is 3.88. The van der Waals surface area contributed by atoms with E-state index in [0.29, 0.717) is 6.61 Å². The van der Waals surface area contributed by atoms with E-state index < -0.39 is 24.8 Å². The largest absolute Gasteiger partial charge is 0.463 e. The zero-order valence-corrected chi connectivity index (χ0v) is 9.29. The predicted molar refractivity (Wildman–Crippen MR) is 54.9 cm³/mol. The molecule has 0 amide bonds. The van der Waals surface area contributed by atoms with Crippen LogP contribution < -0.4 is 9.64 Å². The number of aromatic nitrogens is 2. The standard InChI is InChI=1S/C10H12F3N3O/c1-2-3-17-9-14-4-7(11)8(15-9)16-5-10(12,13)6-16/h4H,2-3,5-6H2,1H3. The highest BCUT2D eigenvalue weighted by Gasteiger charge is 2.45. The second-order valence-corrected chi connectivity index (χ2v) is 3.88. The summed E-state index contributed by atoms with van der Waals surface area (Å²) in [5.41, 5.74) is 0. The highest BCUT2D eigenvalue weighted by Crippen LogP contribution is 2.32. The van der Waals surface area contributed by atoms with Gasteiger partial charge in [-0.15, -0.1) is 0 Å². The average molecular weight is 247 g/mol. The van der Waals surface area contributed by atoms with Crippen LogP contribution in [0.25, 0.3) is 0 Å². The molecule has 2 heterocycles. The molecule has 4 nitrogen and oxygen atoms in total. The molecule has 0 atom stereocenters. The first-order valence-electron chi connectivity index (χ1n) is 5.30. The Hall–Kier alpha value is -1.53. The van der Waals surface area contributed by atoms with E-state index in [4.69, 9.17) is 4.74 Å². The summed E-state index contributed by atoms with van der Waals surface area (Å²) in [6.07, 6.45) is 1.70. The fraction of sp³-hybridized carbons (Fsp3) is 0.600. The number of alkyl halides is 2. The van der Waals surface area contributed by atoms with E-state index in [-0.39, 0.29) is 11.8 Å². The molecule has 0 aromatic carbocycles. The van der Waals surface area contributed by atoms with E-state index >= 15 is 0 Å². The quantitative estimate of drug-likeness (QED) is 0.814. The Morgan fingerprint density at radius 2 is 2.18 bits per heavy atom. The van der Waals surface area contributed by atoms with Crippen LogP contribution in [0.4, 0.5) is 19.0 Å². The molecule has 17 heavy (non-hydrogen) atoms. The van der Waals surface area contributed by atoms with Crippen LogP contribution in [0.15, 0.2) is 6.20 Å². The van der Waals surface area contributed by atoms with Crippen LogP contribution in [0.2, 0.25) is 0 Å². The van der Waals surface area contributed by atoms with Crippen molar-refractivity contribution in [2.75, 3.05) is 24.6 Å². The summed E-state index contributed by atoms with van der Waals surface area (Å²) in [6.45, 7) is 1.27. The first kappa shape index (κ1) is 11.9. The van der Waals surface area contributed by atoms with Gasteiger partial charge in [0.2, 0.25) is 0 Å². The van der Waals surface area contributed by atoms with Crippen LogP contribution in [0.3, 0.4) is 0 Å². The lowest BCUT2D eigenvalue weighted by Crippen LogP contribution is -2.57. The Morgan fingerprint density at radius 1 is 1.47 bits per heavy atom. The molecule has 1 aromatic heterocycles. The maximum atomic E-state index is 13.3. The Morgan fingerprint density at radius 3 is 2.76 bits per heavy atom. The minimum absolute atomic E-state index is 0.0125. The third-order valence-corrected chi connectivity index (χ3v) is 2.28. The van der Waals surface area contributed by atoms with Crippen molar-refractivity contribution in [3.63, 3.8) is 0 Å². The minimum atomic E-state index is -2.76.